The van der Waals surface area contributed by atoms with Gasteiger partial charge in [0, 0.05) is 18.2 Å². The zero-order valence-electron chi connectivity index (χ0n) is 10.5. The molecule has 1 aliphatic heterocycles. The molecule has 106 valence electrons. The Balaban J connectivity index is 2.02. The normalized spacial score (nSPS) is 13.0. The zero-order valence-corrected chi connectivity index (χ0v) is 11.3. The summed E-state index contributed by atoms with van der Waals surface area (Å²) in [6.07, 6.45) is 0. The molecule has 0 saturated heterocycles. The molecule has 0 amide bonds. The molecule has 0 aliphatic carbocycles. The molecule has 1 N–H and O–H groups in total. The van der Waals surface area contributed by atoms with Crippen LogP contribution in [0.2, 0.25) is 0 Å². The van der Waals surface area contributed by atoms with Crippen molar-refractivity contribution in [2.45, 2.75) is 0 Å². The maximum absolute atomic E-state index is 13.8. The van der Waals surface area contributed by atoms with E-state index in [1.165, 1.54) is 6.07 Å². The number of H-pyrrole nitrogens is 1. The van der Waals surface area contributed by atoms with Gasteiger partial charge in [0.05, 0.1) is 11.2 Å². The van der Waals surface area contributed by atoms with Crippen LogP contribution in [0.4, 0.5) is 8.78 Å². The summed E-state index contributed by atoms with van der Waals surface area (Å²) in [7, 11) is 0. The van der Waals surface area contributed by atoms with Crippen molar-refractivity contribution in [1.29, 1.82) is 0 Å². The van der Waals surface area contributed by atoms with Crippen LogP contribution in [0, 0.1) is 16.4 Å². The molecule has 0 atom stereocenters. The molecule has 0 bridgehead atoms. The lowest BCUT2D eigenvalue weighted by molar-refractivity contribution is 0.174. The Labute approximate surface area is 122 Å². The van der Waals surface area contributed by atoms with Gasteiger partial charge in [-0.05, 0) is 24.4 Å². The number of fused-ring (bicyclic) bond motifs is 2. The summed E-state index contributed by atoms with van der Waals surface area (Å²) in [5, 5.41) is 0. The topological polar surface area (TPSA) is 39.2 Å². The van der Waals surface area contributed by atoms with Crippen LogP contribution >= 0.6 is 12.2 Å². The molecule has 0 saturated carbocycles. The van der Waals surface area contributed by atoms with Crippen molar-refractivity contribution < 1.29 is 18.3 Å². The molecule has 2 heterocycles. The van der Waals surface area contributed by atoms with Crippen molar-refractivity contribution in [1.82, 2.24) is 9.55 Å². The number of aromatic amines is 1. The molecule has 0 spiro atoms. The molecule has 0 radical (unpaired) electrons. The van der Waals surface area contributed by atoms with Gasteiger partial charge in [-0.3, -0.25) is 4.57 Å². The minimum Gasteiger partial charge on any atom is -0.454 e. The zero-order chi connectivity index (χ0) is 14.6. The van der Waals surface area contributed by atoms with E-state index in [4.69, 9.17) is 21.7 Å². The molecule has 4 nitrogen and oxygen atoms in total. The number of hydrogen-bond acceptors (Lipinski definition) is 3. The molecule has 2 aromatic carbocycles. The predicted octanol–water partition coefficient (Wildman–Crippen LogP) is 3.69. The fourth-order valence-corrected chi connectivity index (χ4v) is 2.72. The maximum Gasteiger partial charge on any atom is 0.231 e. The first-order valence-electron chi connectivity index (χ1n) is 6.13. The van der Waals surface area contributed by atoms with Crippen molar-refractivity contribution in [3.05, 3.63) is 46.7 Å². The van der Waals surface area contributed by atoms with E-state index >= 15 is 0 Å². The molecule has 1 aromatic heterocycles. The summed E-state index contributed by atoms with van der Waals surface area (Å²) < 4.78 is 39.7. The first kappa shape index (κ1) is 12.3. The van der Waals surface area contributed by atoms with E-state index < -0.39 is 11.6 Å². The van der Waals surface area contributed by atoms with E-state index in [0.29, 0.717) is 22.7 Å². The molecule has 1 aliphatic rings. The smallest absolute Gasteiger partial charge is 0.231 e. The molecule has 21 heavy (non-hydrogen) atoms. The molecule has 7 heteroatoms. The third-order valence-corrected chi connectivity index (χ3v) is 3.61. The largest absolute Gasteiger partial charge is 0.454 e. The lowest BCUT2D eigenvalue weighted by Gasteiger charge is -2.06. The highest BCUT2D eigenvalue weighted by molar-refractivity contribution is 7.71. The van der Waals surface area contributed by atoms with Crippen molar-refractivity contribution in [2.75, 3.05) is 6.79 Å². The fourth-order valence-electron chi connectivity index (χ4n) is 2.41. The van der Waals surface area contributed by atoms with Gasteiger partial charge < -0.3 is 14.5 Å². The van der Waals surface area contributed by atoms with Crippen LogP contribution in [0.25, 0.3) is 16.7 Å². The molecule has 3 aromatic rings. The number of halogens is 2. The first-order valence-corrected chi connectivity index (χ1v) is 6.54. The Hall–Kier alpha value is -2.41. The van der Waals surface area contributed by atoms with E-state index in [0.717, 1.165) is 6.07 Å². The second-order valence-electron chi connectivity index (χ2n) is 4.58. The average molecular weight is 306 g/mol. The number of nitrogens with one attached hydrogen (secondary N) is 1. The number of nitrogens with zero attached hydrogens (tertiary/aromatic N) is 1. The van der Waals surface area contributed by atoms with Gasteiger partial charge in [0.25, 0.3) is 0 Å². The van der Waals surface area contributed by atoms with Gasteiger partial charge in [0.15, 0.2) is 22.1 Å². The van der Waals surface area contributed by atoms with Gasteiger partial charge in [-0.2, -0.15) is 0 Å². The average Bonchev–Trinajstić information content (AvgIpc) is 3.01. The Morgan fingerprint density at radius 3 is 2.76 bits per heavy atom. The minimum absolute atomic E-state index is 0.154. The third-order valence-electron chi connectivity index (χ3n) is 3.32. The van der Waals surface area contributed by atoms with Crippen LogP contribution < -0.4 is 9.47 Å². The van der Waals surface area contributed by atoms with Gasteiger partial charge in [-0.25, -0.2) is 8.78 Å². The lowest BCUT2D eigenvalue weighted by atomic mass is 10.2. The summed E-state index contributed by atoms with van der Waals surface area (Å²) in [6, 6.07) is 7.24. The Kier molecular flexibility index (Phi) is 2.52. The highest BCUT2D eigenvalue weighted by Gasteiger charge is 2.17. The minimum atomic E-state index is -0.685. The SMILES string of the molecule is Fc1cc(F)c2[nH]c(=S)n(-c3ccc4c(c3)OCO4)c2c1. The van der Waals surface area contributed by atoms with E-state index in [-0.39, 0.29) is 17.1 Å². The van der Waals surface area contributed by atoms with Crippen molar-refractivity contribution in [2.24, 2.45) is 0 Å². The van der Waals surface area contributed by atoms with Crippen LogP contribution in [0.1, 0.15) is 0 Å². The number of imidazole rings is 1. The van der Waals surface area contributed by atoms with Crippen LogP contribution in [0.5, 0.6) is 11.5 Å². The quantitative estimate of drug-likeness (QED) is 0.697. The van der Waals surface area contributed by atoms with Crippen LogP contribution in [0.3, 0.4) is 0 Å². The van der Waals surface area contributed by atoms with Crippen molar-refractivity contribution in [3.63, 3.8) is 0 Å². The van der Waals surface area contributed by atoms with Gasteiger partial charge in [0.2, 0.25) is 6.79 Å². The predicted molar refractivity (Wildman–Crippen MR) is 74.5 cm³/mol. The fraction of sp³-hybridized carbons (Fsp3) is 0.0714. The van der Waals surface area contributed by atoms with E-state index in [1.54, 1.807) is 22.8 Å². The standard InChI is InChI=1S/C14H8F2N2O2S/c15-7-3-9(16)13-10(4-7)18(14(21)17-13)8-1-2-11-12(5-8)20-6-19-11/h1-5H,6H2,(H,17,21). The molecular formula is C14H8F2N2O2S. The molecule has 0 fully saturated rings. The Morgan fingerprint density at radius 1 is 1.10 bits per heavy atom. The Bertz CT molecular complexity index is 933. The van der Waals surface area contributed by atoms with Gasteiger partial charge >= 0.3 is 0 Å². The van der Waals surface area contributed by atoms with Gasteiger partial charge in [0.1, 0.15) is 11.3 Å². The van der Waals surface area contributed by atoms with Crippen molar-refractivity contribution >= 4 is 23.3 Å². The van der Waals surface area contributed by atoms with E-state index in [9.17, 15) is 8.78 Å². The summed E-state index contributed by atoms with van der Waals surface area (Å²) >= 11 is 5.21. The van der Waals surface area contributed by atoms with E-state index in [2.05, 4.69) is 4.98 Å². The maximum atomic E-state index is 13.8. The summed E-state index contributed by atoms with van der Waals surface area (Å²) in [5.74, 6) is -0.151. The molecular weight excluding hydrogens is 298 g/mol. The van der Waals surface area contributed by atoms with Crippen LogP contribution in [-0.4, -0.2) is 16.3 Å². The van der Waals surface area contributed by atoms with Crippen LogP contribution in [-0.2, 0) is 0 Å². The second-order valence-corrected chi connectivity index (χ2v) is 4.97. The number of benzene rings is 2. The second kappa shape index (κ2) is 4.29. The summed E-state index contributed by atoms with van der Waals surface area (Å²) in [4.78, 5) is 2.75. The summed E-state index contributed by atoms with van der Waals surface area (Å²) in [6.45, 7) is 0.154. The monoisotopic (exact) mass is 306 g/mol. The van der Waals surface area contributed by atoms with Crippen molar-refractivity contribution in [3.8, 4) is 17.2 Å². The van der Waals surface area contributed by atoms with Gasteiger partial charge in [-0.1, -0.05) is 0 Å². The highest BCUT2D eigenvalue weighted by Crippen LogP contribution is 2.34. The first-order chi connectivity index (χ1) is 10.1. The van der Waals surface area contributed by atoms with E-state index in [1.807, 2.05) is 0 Å². The highest BCUT2D eigenvalue weighted by atomic mass is 32.1. The summed E-state index contributed by atoms with van der Waals surface area (Å²) in [5.41, 5.74) is 1.14. The van der Waals surface area contributed by atoms with Gasteiger partial charge in [-0.15, -0.1) is 0 Å². The number of rotatable bonds is 1. The third kappa shape index (κ3) is 1.81. The molecule has 4 rings (SSSR count). The lowest BCUT2D eigenvalue weighted by Crippen LogP contribution is -1.95. The molecule has 0 unspecified atom stereocenters. The Morgan fingerprint density at radius 2 is 1.90 bits per heavy atom. The number of ether oxygens (including phenoxy) is 2. The van der Waals surface area contributed by atoms with Crippen LogP contribution in [0.15, 0.2) is 30.3 Å². The number of hydrogen-bond donors (Lipinski definition) is 1. The number of aromatic nitrogens is 2.